The highest BCUT2D eigenvalue weighted by Crippen LogP contribution is 2.39. The Morgan fingerprint density at radius 3 is 2.22 bits per heavy atom. The summed E-state index contributed by atoms with van der Waals surface area (Å²) in [6.45, 7) is 0.215. The van der Waals surface area contributed by atoms with Crippen molar-refractivity contribution in [3.05, 3.63) is 59.6 Å². The standard InChI is InChI=1S/C19H22ClNO5S/c20-14-6-8-16(9-7-14)27(24,25)21-12-19(10-17(22)18(23)11-19)13-26-15-4-2-1-3-5-15/h1-9,17-18,21-23H,10-13H2. The van der Waals surface area contributed by atoms with E-state index in [1.54, 1.807) is 12.1 Å². The van der Waals surface area contributed by atoms with E-state index in [2.05, 4.69) is 4.72 Å². The lowest BCUT2D eigenvalue weighted by atomic mass is 9.87. The first-order valence-corrected chi connectivity index (χ1v) is 10.5. The van der Waals surface area contributed by atoms with Gasteiger partial charge in [-0.25, -0.2) is 13.1 Å². The zero-order chi connectivity index (χ0) is 19.5. The molecule has 1 saturated carbocycles. The highest BCUT2D eigenvalue weighted by molar-refractivity contribution is 7.89. The van der Waals surface area contributed by atoms with Gasteiger partial charge in [0.25, 0.3) is 0 Å². The van der Waals surface area contributed by atoms with E-state index < -0.39 is 27.6 Å². The predicted octanol–water partition coefficient (Wildman–Crippen LogP) is 2.20. The molecule has 2 aromatic rings. The van der Waals surface area contributed by atoms with Gasteiger partial charge in [0, 0.05) is 17.0 Å². The monoisotopic (exact) mass is 411 g/mol. The summed E-state index contributed by atoms with van der Waals surface area (Å²) in [6, 6.07) is 15.0. The van der Waals surface area contributed by atoms with Crippen LogP contribution < -0.4 is 9.46 Å². The second-order valence-electron chi connectivity index (χ2n) is 6.92. The molecule has 8 heteroatoms. The van der Waals surface area contributed by atoms with Crippen molar-refractivity contribution in [1.82, 2.24) is 4.72 Å². The van der Waals surface area contributed by atoms with Gasteiger partial charge in [0.1, 0.15) is 5.75 Å². The van der Waals surface area contributed by atoms with Crippen LogP contribution in [0.25, 0.3) is 0 Å². The van der Waals surface area contributed by atoms with E-state index in [-0.39, 0.29) is 30.9 Å². The summed E-state index contributed by atoms with van der Waals surface area (Å²) in [6.07, 6.45) is -1.34. The summed E-state index contributed by atoms with van der Waals surface area (Å²) in [7, 11) is -3.75. The molecule has 3 rings (SSSR count). The lowest BCUT2D eigenvalue weighted by molar-refractivity contribution is 0.0438. The smallest absolute Gasteiger partial charge is 0.240 e. The van der Waals surface area contributed by atoms with Crippen LogP contribution in [-0.2, 0) is 10.0 Å². The minimum atomic E-state index is -3.75. The van der Waals surface area contributed by atoms with E-state index in [1.807, 2.05) is 18.2 Å². The zero-order valence-electron chi connectivity index (χ0n) is 14.6. The second kappa shape index (κ2) is 8.16. The molecule has 0 spiro atoms. The lowest BCUT2D eigenvalue weighted by Gasteiger charge is -2.29. The molecule has 1 aliphatic carbocycles. The summed E-state index contributed by atoms with van der Waals surface area (Å²) in [5, 5.41) is 20.5. The maximum atomic E-state index is 12.6. The number of halogens is 1. The van der Waals surface area contributed by atoms with Crippen molar-refractivity contribution in [2.45, 2.75) is 29.9 Å². The van der Waals surface area contributed by atoms with E-state index >= 15 is 0 Å². The average molecular weight is 412 g/mol. The summed E-state index contributed by atoms with van der Waals surface area (Å²) in [5.41, 5.74) is -0.714. The Kier molecular flexibility index (Phi) is 6.08. The Balaban J connectivity index is 1.73. The van der Waals surface area contributed by atoms with Gasteiger partial charge < -0.3 is 14.9 Å². The Hall–Kier alpha value is -1.64. The summed E-state index contributed by atoms with van der Waals surface area (Å²) in [4.78, 5) is 0.102. The number of hydrogen-bond acceptors (Lipinski definition) is 5. The molecule has 1 aliphatic rings. The molecule has 146 valence electrons. The van der Waals surface area contributed by atoms with Crippen molar-refractivity contribution in [2.75, 3.05) is 13.2 Å². The Labute approximate surface area is 163 Å². The van der Waals surface area contributed by atoms with E-state index in [4.69, 9.17) is 16.3 Å². The van der Waals surface area contributed by atoms with Gasteiger partial charge >= 0.3 is 0 Å². The van der Waals surface area contributed by atoms with E-state index in [1.165, 1.54) is 24.3 Å². The lowest BCUT2D eigenvalue weighted by Crippen LogP contribution is -2.40. The minimum Gasteiger partial charge on any atom is -0.493 e. The first-order chi connectivity index (χ1) is 12.8. The second-order valence-corrected chi connectivity index (χ2v) is 9.13. The van der Waals surface area contributed by atoms with Gasteiger partial charge in [-0.3, -0.25) is 0 Å². The molecule has 3 N–H and O–H groups in total. The fraction of sp³-hybridized carbons (Fsp3) is 0.368. The third kappa shape index (κ3) is 5.00. The molecule has 0 aliphatic heterocycles. The molecule has 2 atom stereocenters. The molecule has 0 radical (unpaired) electrons. The van der Waals surface area contributed by atoms with Gasteiger partial charge in [0.15, 0.2) is 0 Å². The highest BCUT2D eigenvalue weighted by Gasteiger charge is 2.45. The molecule has 0 saturated heterocycles. The van der Waals surface area contributed by atoms with Gasteiger partial charge in [-0.2, -0.15) is 0 Å². The van der Waals surface area contributed by atoms with Crippen LogP contribution >= 0.6 is 11.6 Å². The molecular weight excluding hydrogens is 390 g/mol. The molecule has 0 aromatic heterocycles. The maximum absolute atomic E-state index is 12.6. The maximum Gasteiger partial charge on any atom is 0.240 e. The van der Waals surface area contributed by atoms with E-state index in [0.717, 1.165) is 0 Å². The van der Waals surface area contributed by atoms with Gasteiger partial charge in [-0.05, 0) is 49.2 Å². The number of nitrogens with one attached hydrogen (secondary N) is 1. The number of aliphatic hydroxyl groups excluding tert-OH is 2. The van der Waals surface area contributed by atoms with Crippen molar-refractivity contribution in [1.29, 1.82) is 0 Å². The van der Waals surface area contributed by atoms with E-state index in [0.29, 0.717) is 10.8 Å². The highest BCUT2D eigenvalue weighted by atomic mass is 35.5. The number of rotatable bonds is 7. The van der Waals surface area contributed by atoms with Crippen LogP contribution in [0, 0.1) is 5.41 Å². The van der Waals surface area contributed by atoms with Crippen LogP contribution in [0.5, 0.6) is 5.75 Å². The number of benzene rings is 2. The Morgan fingerprint density at radius 2 is 1.63 bits per heavy atom. The molecule has 6 nitrogen and oxygen atoms in total. The van der Waals surface area contributed by atoms with Crippen LogP contribution in [0.4, 0.5) is 0 Å². The van der Waals surface area contributed by atoms with Crippen molar-refractivity contribution < 1.29 is 23.4 Å². The summed E-state index contributed by atoms with van der Waals surface area (Å²) < 4.78 is 33.5. The van der Waals surface area contributed by atoms with Crippen LogP contribution in [0.2, 0.25) is 5.02 Å². The zero-order valence-corrected chi connectivity index (χ0v) is 16.2. The van der Waals surface area contributed by atoms with E-state index in [9.17, 15) is 18.6 Å². The van der Waals surface area contributed by atoms with Crippen LogP contribution in [-0.4, -0.2) is 44.0 Å². The van der Waals surface area contributed by atoms with Crippen molar-refractivity contribution in [3.63, 3.8) is 0 Å². The normalized spacial score (nSPS) is 25.4. The largest absolute Gasteiger partial charge is 0.493 e. The Bertz CT molecular complexity index is 847. The third-order valence-corrected chi connectivity index (χ3v) is 6.45. The third-order valence-electron chi connectivity index (χ3n) is 4.78. The first kappa shape index (κ1) is 20.1. The Morgan fingerprint density at radius 1 is 1.04 bits per heavy atom. The number of aliphatic hydroxyl groups is 2. The molecule has 0 amide bonds. The van der Waals surface area contributed by atoms with Gasteiger partial charge in [-0.1, -0.05) is 29.8 Å². The van der Waals surface area contributed by atoms with Crippen LogP contribution in [0.3, 0.4) is 0 Å². The van der Waals surface area contributed by atoms with Crippen molar-refractivity contribution >= 4 is 21.6 Å². The first-order valence-electron chi connectivity index (χ1n) is 8.59. The number of para-hydroxylation sites is 1. The topological polar surface area (TPSA) is 95.9 Å². The fourth-order valence-electron chi connectivity index (χ4n) is 3.25. The molecule has 1 fully saturated rings. The number of sulfonamides is 1. The molecule has 2 aromatic carbocycles. The average Bonchev–Trinajstić information content (AvgIpc) is 2.94. The van der Waals surface area contributed by atoms with Gasteiger partial charge in [0.05, 0.1) is 23.7 Å². The summed E-state index contributed by atoms with van der Waals surface area (Å²) >= 11 is 5.81. The molecular formula is C19H22ClNO5S. The van der Waals surface area contributed by atoms with Crippen LogP contribution in [0.1, 0.15) is 12.8 Å². The molecule has 27 heavy (non-hydrogen) atoms. The quantitative estimate of drug-likeness (QED) is 0.649. The van der Waals surface area contributed by atoms with Crippen molar-refractivity contribution in [2.24, 2.45) is 5.41 Å². The number of ether oxygens (including phenoxy) is 1. The van der Waals surface area contributed by atoms with Gasteiger partial charge in [-0.15, -0.1) is 0 Å². The summed E-state index contributed by atoms with van der Waals surface area (Å²) in [5.74, 6) is 0.647. The minimum absolute atomic E-state index is 0.0406. The molecule has 2 unspecified atom stereocenters. The molecule has 0 heterocycles. The van der Waals surface area contributed by atoms with Gasteiger partial charge in [0.2, 0.25) is 10.0 Å². The van der Waals surface area contributed by atoms with Crippen LogP contribution in [0.15, 0.2) is 59.5 Å². The number of hydrogen-bond donors (Lipinski definition) is 3. The van der Waals surface area contributed by atoms with Crippen molar-refractivity contribution in [3.8, 4) is 5.75 Å². The fourth-order valence-corrected chi connectivity index (χ4v) is 4.54. The molecule has 0 bridgehead atoms. The predicted molar refractivity (Wildman–Crippen MR) is 102 cm³/mol. The SMILES string of the molecule is O=S(=O)(NCC1(COc2ccccc2)CC(O)C(O)C1)c1ccc(Cl)cc1.